The van der Waals surface area contributed by atoms with E-state index in [1.807, 2.05) is 6.92 Å². The van der Waals surface area contributed by atoms with Crippen molar-refractivity contribution >= 4 is 11.9 Å². The average molecular weight is 408 g/mol. The summed E-state index contributed by atoms with van der Waals surface area (Å²) in [6.45, 7) is 7.29. The van der Waals surface area contributed by atoms with E-state index < -0.39 is 5.97 Å². The summed E-state index contributed by atoms with van der Waals surface area (Å²) in [6, 6.07) is 0. The fourth-order valence-corrected chi connectivity index (χ4v) is 3.07. The summed E-state index contributed by atoms with van der Waals surface area (Å²) < 4.78 is 5.37. The first-order valence-electron chi connectivity index (χ1n) is 11.0. The van der Waals surface area contributed by atoms with Crippen molar-refractivity contribution in [3.63, 3.8) is 0 Å². The Kier molecular flexibility index (Phi) is 23.2. The molecule has 0 radical (unpaired) electrons. The second-order valence-electron chi connectivity index (χ2n) is 8.08. The van der Waals surface area contributed by atoms with E-state index in [9.17, 15) is 14.7 Å². The Morgan fingerprint density at radius 2 is 1.25 bits per heavy atom. The van der Waals surface area contributed by atoms with Crippen LogP contribution in [0, 0.1) is 5.92 Å². The van der Waals surface area contributed by atoms with Crippen LogP contribution in [0.4, 0.5) is 0 Å². The Morgan fingerprint density at radius 1 is 0.786 bits per heavy atom. The molecule has 0 saturated heterocycles. The van der Waals surface area contributed by atoms with Crippen molar-refractivity contribution in [3.05, 3.63) is 0 Å². The van der Waals surface area contributed by atoms with Crippen LogP contribution >= 0.6 is 0 Å². The first-order chi connectivity index (χ1) is 12.9. The summed E-state index contributed by atoms with van der Waals surface area (Å²) in [5.41, 5.74) is 0. The maximum absolute atomic E-state index is 11.7. The summed E-state index contributed by atoms with van der Waals surface area (Å²) >= 11 is 0. The number of hydrogen-bond acceptors (Lipinski definition) is 5. The molecule has 0 amide bonds. The van der Waals surface area contributed by atoms with Crippen molar-refractivity contribution < 1.29 is 49.0 Å². The first kappa shape index (κ1) is 30.1. The molecule has 0 saturated carbocycles. The number of ether oxygens (including phenoxy) is 1. The predicted molar refractivity (Wildman–Crippen MR) is 108 cm³/mol. The zero-order valence-corrected chi connectivity index (χ0v) is 20.9. The smallest absolute Gasteiger partial charge is 0.550 e. The molecular weight excluding hydrogens is 365 g/mol. The van der Waals surface area contributed by atoms with Gasteiger partial charge in [0.1, 0.15) is 0 Å². The van der Waals surface area contributed by atoms with Gasteiger partial charge in [-0.05, 0) is 32.1 Å². The Morgan fingerprint density at radius 3 is 1.75 bits per heavy atom. The molecule has 0 aromatic rings. The van der Waals surface area contributed by atoms with E-state index in [1.54, 1.807) is 0 Å². The van der Waals surface area contributed by atoms with Crippen LogP contribution in [0.2, 0.25) is 0 Å². The number of hydrogen-bond donors (Lipinski definition) is 1. The van der Waals surface area contributed by atoms with Crippen molar-refractivity contribution in [2.45, 2.75) is 110 Å². The molecule has 1 unspecified atom stereocenters. The molecule has 0 aromatic heterocycles. The van der Waals surface area contributed by atoms with Crippen LogP contribution in [-0.4, -0.2) is 31.1 Å². The summed E-state index contributed by atoms with van der Waals surface area (Å²) in [5, 5.41) is 13.1. The number of rotatable bonds is 19. The zero-order valence-electron chi connectivity index (χ0n) is 18.9. The molecule has 0 aliphatic rings. The fourth-order valence-electron chi connectivity index (χ4n) is 3.07. The maximum atomic E-state index is 11.7. The molecule has 0 aliphatic carbocycles. The van der Waals surface area contributed by atoms with Gasteiger partial charge in [-0.2, -0.15) is 0 Å². The van der Waals surface area contributed by atoms with Crippen LogP contribution in [0.3, 0.4) is 0 Å². The number of esters is 1. The van der Waals surface area contributed by atoms with Gasteiger partial charge in [0, 0.05) is 19.1 Å². The molecule has 0 bridgehead atoms. The molecule has 0 aromatic carbocycles. The number of carbonyl (C=O) groups is 2. The molecule has 1 N–H and O–H groups in total. The topological polar surface area (TPSA) is 78.5 Å². The van der Waals surface area contributed by atoms with Gasteiger partial charge in [-0.15, -0.1) is 0 Å². The molecule has 28 heavy (non-hydrogen) atoms. The summed E-state index contributed by atoms with van der Waals surface area (Å²) in [6.07, 6.45) is 14.2. The minimum absolute atomic E-state index is 0. The number of nitrogens with one attached hydrogen (secondary N) is 1. The summed E-state index contributed by atoms with van der Waals surface area (Å²) in [4.78, 5) is 21.9. The van der Waals surface area contributed by atoms with Crippen molar-refractivity contribution in [2.24, 2.45) is 5.92 Å². The SMILES string of the molecule is CC(C)CCCCCCCCCCCC(C)OC(=O)CCNCCC(=O)[O-].[Na+]. The minimum atomic E-state index is -1.08. The van der Waals surface area contributed by atoms with Gasteiger partial charge in [0.05, 0.1) is 12.5 Å². The Bertz CT molecular complexity index is 378. The monoisotopic (exact) mass is 407 g/mol. The first-order valence-corrected chi connectivity index (χ1v) is 11.0. The number of carboxylic acid groups (broad SMARTS) is 1. The molecule has 5 nitrogen and oxygen atoms in total. The van der Waals surface area contributed by atoms with Crippen molar-refractivity contribution in [2.75, 3.05) is 13.1 Å². The fraction of sp³-hybridized carbons (Fsp3) is 0.909. The van der Waals surface area contributed by atoms with Crippen molar-refractivity contribution in [1.82, 2.24) is 5.32 Å². The van der Waals surface area contributed by atoms with Crippen molar-refractivity contribution in [1.29, 1.82) is 0 Å². The molecule has 0 fully saturated rings. The second-order valence-corrected chi connectivity index (χ2v) is 8.08. The molecule has 0 aliphatic heterocycles. The number of carbonyl (C=O) groups excluding carboxylic acids is 2. The van der Waals surface area contributed by atoms with E-state index in [4.69, 9.17) is 4.74 Å². The van der Waals surface area contributed by atoms with Gasteiger partial charge in [0.25, 0.3) is 0 Å². The van der Waals surface area contributed by atoms with E-state index in [-0.39, 0.29) is 54.5 Å². The van der Waals surface area contributed by atoms with E-state index in [0.717, 1.165) is 18.8 Å². The van der Waals surface area contributed by atoms with Crippen LogP contribution in [-0.2, 0) is 14.3 Å². The summed E-state index contributed by atoms with van der Waals surface area (Å²) in [7, 11) is 0. The standard InChI is InChI=1S/C22H43NO4.Na/c1-19(2)13-11-9-7-5-4-6-8-10-12-14-20(3)27-22(26)16-18-23-17-15-21(24)25;/h19-20,23H,4-18H2,1-3H3,(H,24,25);/q;+1/p-1. The quantitative estimate of drug-likeness (QED) is 0.196. The summed E-state index contributed by atoms with van der Waals surface area (Å²) in [5.74, 6) is -0.467. The van der Waals surface area contributed by atoms with Crippen LogP contribution < -0.4 is 40.0 Å². The van der Waals surface area contributed by atoms with Crippen LogP contribution in [0.25, 0.3) is 0 Å². The maximum Gasteiger partial charge on any atom is 1.00 e. The molecule has 0 rings (SSSR count). The van der Waals surface area contributed by atoms with Crippen LogP contribution in [0.5, 0.6) is 0 Å². The van der Waals surface area contributed by atoms with Crippen molar-refractivity contribution in [3.8, 4) is 0 Å². The number of unbranched alkanes of at least 4 members (excludes halogenated alkanes) is 8. The molecule has 1 atom stereocenters. The third kappa shape index (κ3) is 23.9. The Balaban J connectivity index is 0. The number of carboxylic acids is 1. The van der Waals surface area contributed by atoms with E-state index >= 15 is 0 Å². The molecule has 0 heterocycles. The van der Waals surface area contributed by atoms with E-state index in [0.29, 0.717) is 13.1 Å². The van der Waals surface area contributed by atoms with Crippen LogP contribution in [0.1, 0.15) is 104 Å². The Labute approximate surface area is 195 Å². The molecule has 160 valence electrons. The number of aliphatic carboxylic acids is 1. The van der Waals surface area contributed by atoms with Gasteiger partial charge in [-0.25, -0.2) is 0 Å². The zero-order chi connectivity index (χ0) is 20.3. The molecule has 0 spiro atoms. The van der Waals surface area contributed by atoms with Gasteiger partial charge in [0.15, 0.2) is 0 Å². The average Bonchev–Trinajstić information content (AvgIpc) is 2.58. The van der Waals surface area contributed by atoms with Gasteiger partial charge < -0.3 is 20.0 Å². The van der Waals surface area contributed by atoms with E-state index in [1.165, 1.54) is 57.8 Å². The Hall–Kier alpha value is -0.100. The normalized spacial score (nSPS) is 11.9. The second kappa shape index (κ2) is 21.6. The third-order valence-electron chi connectivity index (χ3n) is 4.74. The third-order valence-corrected chi connectivity index (χ3v) is 4.74. The predicted octanol–water partition coefficient (Wildman–Crippen LogP) is 0.989. The largest absolute Gasteiger partial charge is 1.00 e. The van der Waals surface area contributed by atoms with Gasteiger partial charge in [-0.1, -0.05) is 71.6 Å². The van der Waals surface area contributed by atoms with E-state index in [2.05, 4.69) is 19.2 Å². The minimum Gasteiger partial charge on any atom is -0.550 e. The molecular formula is C22H42NNaO4. The van der Waals surface area contributed by atoms with Gasteiger partial charge in [0.2, 0.25) is 0 Å². The van der Waals surface area contributed by atoms with Gasteiger partial charge >= 0.3 is 35.5 Å². The van der Waals surface area contributed by atoms with Crippen LogP contribution in [0.15, 0.2) is 0 Å². The molecule has 6 heteroatoms. The van der Waals surface area contributed by atoms with Gasteiger partial charge in [-0.3, -0.25) is 4.79 Å².